The maximum Gasteiger partial charge on any atom is 0.226 e. The molecule has 0 fully saturated rings. The third kappa shape index (κ3) is 2.87. The first-order chi connectivity index (χ1) is 8.97. The molecule has 0 aliphatic carbocycles. The highest BCUT2D eigenvalue weighted by Gasteiger charge is 2.11. The fourth-order valence-electron chi connectivity index (χ4n) is 1.69. The van der Waals surface area contributed by atoms with E-state index >= 15 is 0 Å². The number of nitrogens with zero attached hydrogens (tertiary/aromatic N) is 5. The molecule has 0 aliphatic heterocycles. The summed E-state index contributed by atoms with van der Waals surface area (Å²) in [6.07, 6.45) is 3.64. The molecular formula is C12H17N7. The molecule has 19 heavy (non-hydrogen) atoms. The second-order valence-corrected chi connectivity index (χ2v) is 4.42. The van der Waals surface area contributed by atoms with Crippen LogP contribution in [0.25, 0.3) is 0 Å². The summed E-state index contributed by atoms with van der Waals surface area (Å²) in [7, 11) is 3.82. The molecule has 2 rings (SSSR count). The molecule has 3 N–H and O–H groups in total. The minimum Gasteiger partial charge on any atom is -0.382 e. The van der Waals surface area contributed by atoms with E-state index in [1.54, 1.807) is 12.3 Å². The Balaban J connectivity index is 2.26. The van der Waals surface area contributed by atoms with Crippen LogP contribution in [-0.2, 0) is 13.6 Å². The largest absolute Gasteiger partial charge is 0.382 e. The van der Waals surface area contributed by atoms with Gasteiger partial charge in [0.2, 0.25) is 5.95 Å². The number of hydrogen-bond donors (Lipinski definition) is 2. The number of amidine groups is 1. The number of nitrogens with one attached hydrogen (secondary N) is 1. The second kappa shape index (κ2) is 5.05. The number of aromatic nitrogens is 4. The van der Waals surface area contributed by atoms with Gasteiger partial charge in [0.05, 0.1) is 6.54 Å². The van der Waals surface area contributed by atoms with Crippen LogP contribution in [0.1, 0.15) is 17.2 Å². The van der Waals surface area contributed by atoms with Crippen LogP contribution in [0, 0.1) is 12.3 Å². The van der Waals surface area contributed by atoms with Gasteiger partial charge in [0.25, 0.3) is 0 Å². The van der Waals surface area contributed by atoms with Crippen molar-refractivity contribution in [2.45, 2.75) is 13.5 Å². The van der Waals surface area contributed by atoms with E-state index in [0.717, 1.165) is 11.5 Å². The zero-order chi connectivity index (χ0) is 14.0. The van der Waals surface area contributed by atoms with Crippen molar-refractivity contribution in [3.8, 4) is 0 Å². The molecule has 0 amide bonds. The van der Waals surface area contributed by atoms with Crippen LogP contribution in [-0.4, -0.2) is 32.4 Å². The van der Waals surface area contributed by atoms with E-state index in [4.69, 9.17) is 11.1 Å². The number of anilines is 1. The Labute approximate surface area is 111 Å². The molecule has 0 radical (unpaired) electrons. The zero-order valence-corrected chi connectivity index (χ0v) is 11.3. The molecule has 2 aromatic rings. The SMILES string of the molecule is Cc1cc(C(=N)N)nc(N(C)Cc2nccn2C)n1. The van der Waals surface area contributed by atoms with E-state index in [1.165, 1.54) is 0 Å². The number of rotatable bonds is 4. The molecule has 2 heterocycles. The Kier molecular flexibility index (Phi) is 3.46. The number of nitrogens with two attached hydrogens (primary N) is 1. The fourth-order valence-corrected chi connectivity index (χ4v) is 1.69. The maximum absolute atomic E-state index is 7.45. The van der Waals surface area contributed by atoms with Gasteiger partial charge in [0, 0.05) is 32.2 Å². The van der Waals surface area contributed by atoms with Crippen LogP contribution >= 0.6 is 0 Å². The molecule has 100 valence electrons. The standard InChI is InChI=1S/C12H17N7/c1-8-6-9(11(13)14)17-12(16-8)19(3)7-10-15-4-5-18(10)2/h4-6H,7H2,1-3H3,(H3,13,14). The van der Waals surface area contributed by atoms with Crippen molar-refractivity contribution in [3.63, 3.8) is 0 Å². The lowest BCUT2D eigenvalue weighted by atomic mass is 10.3. The average Bonchev–Trinajstić information content (AvgIpc) is 2.74. The zero-order valence-electron chi connectivity index (χ0n) is 11.3. The first kappa shape index (κ1) is 13.0. The minimum absolute atomic E-state index is 0.0582. The van der Waals surface area contributed by atoms with Crippen LogP contribution < -0.4 is 10.6 Å². The van der Waals surface area contributed by atoms with Crippen molar-refractivity contribution in [2.24, 2.45) is 12.8 Å². The van der Waals surface area contributed by atoms with E-state index < -0.39 is 0 Å². The van der Waals surface area contributed by atoms with Gasteiger partial charge >= 0.3 is 0 Å². The van der Waals surface area contributed by atoms with E-state index in [9.17, 15) is 0 Å². The number of imidazole rings is 1. The summed E-state index contributed by atoms with van der Waals surface area (Å²) in [4.78, 5) is 14.8. The Morgan fingerprint density at radius 3 is 2.79 bits per heavy atom. The normalized spacial score (nSPS) is 10.5. The van der Waals surface area contributed by atoms with Crippen molar-refractivity contribution in [1.29, 1.82) is 5.41 Å². The van der Waals surface area contributed by atoms with Gasteiger partial charge in [-0.15, -0.1) is 0 Å². The molecule has 0 aliphatic rings. The Hall–Kier alpha value is -2.44. The predicted molar refractivity (Wildman–Crippen MR) is 73.1 cm³/mol. The maximum atomic E-state index is 7.45. The van der Waals surface area contributed by atoms with Gasteiger partial charge in [-0.3, -0.25) is 5.41 Å². The number of nitrogen functional groups attached to an aromatic ring is 1. The molecule has 2 aromatic heterocycles. The third-order valence-electron chi connectivity index (χ3n) is 2.76. The van der Waals surface area contributed by atoms with Crippen LogP contribution in [0.3, 0.4) is 0 Å². The van der Waals surface area contributed by atoms with Gasteiger partial charge < -0.3 is 15.2 Å². The molecule has 0 bridgehead atoms. The molecule has 0 unspecified atom stereocenters. The molecule has 0 aromatic carbocycles. The molecule has 0 spiro atoms. The van der Waals surface area contributed by atoms with Gasteiger partial charge in [-0.1, -0.05) is 0 Å². The smallest absolute Gasteiger partial charge is 0.226 e. The number of aryl methyl sites for hydroxylation is 2. The quantitative estimate of drug-likeness (QED) is 0.613. The Bertz CT molecular complexity index is 602. The summed E-state index contributed by atoms with van der Waals surface area (Å²) in [5.41, 5.74) is 6.69. The molecule has 7 nitrogen and oxygen atoms in total. The Morgan fingerprint density at radius 1 is 1.47 bits per heavy atom. The molecule has 0 atom stereocenters. The van der Waals surface area contributed by atoms with Crippen molar-refractivity contribution in [3.05, 3.63) is 35.7 Å². The summed E-state index contributed by atoms with van der Waals surface area (Å²) >= 11 is 0. The first-order valence-corrected chi connectivity index (χ1v) is 5.85. The van der Waals surface area contributed by atoms with Gasteiger partial charge in [0.15, 0.2) is 0 Å². The van der Waals surface area contributed by atoms with Gasteiger partial charge in [-0.25, -0.2) is 15.0 Å². The molecular weight excluding hydrogens is 242 g/mol. The molecule has 7 heteroatoms. The van der Waals surface area contributed by atoms with E-state index in [-0.39, 0.29) is 5.84 Å². The van der Waals surface area contributed by atoms with Crippen LogP contribution in [0.4, 0.5) is 5.95 Å². The lowest BCUT2D eigenvalue weighted by Crippen LogP contribution is -2.23. The molecule has 0 saturated heterocycles. The van der Waals surface area contributed by atoms with Crippen molar-refractivity contribution < 1.29 is 0 Å². The molecule has 0 saturated carbocycles. The lowest BCUT2D eigenvalue weighted by molar-refractivity contribution is 0.745. The monoisotopic (exact) mass is 259 g/mol. The van der Waals surface area contributed by atoms with E-state index in [1.807, 2.05) is 36.7 Å². The summed E-state index contributed by atoms with van der Waals surface area (Å²) in [6, 6.07) is 1.69. The summed E-state index contributed by atoms with van der Waals surface area (Å²) < 4.78 is 1.94. The predicted octanol–water partition coefficient (Wildman–Crippen LogP) is 0.439. The van der Waals surface area contributed by atoms with Crippen molar-refractivity contribution in [2.75, 3.05) is 11.9 Å². The van der Waals surface area contributed by atoms with Crippen LogP contribution in [0.5, 0.6) is 0 Å². The topological polar surface area (TPSA) is 96.7 Å². The van der Waals surface area contributed by atoms with Gasteiger partial charge in [-0.05, 0) is 13.0 Å². The lowest BCUT2D eigenvalue weighted by Gasteiger charge is -2.17. The van der Waals surface area contributed by atoms with E-state index in [0.29, 0.717) is 18.2 Å². The van der Waals surface area contributed by atoms with Crippen LogP contribution in [0.2, 0.25) is 0 Å². The highest BCUT2D eigenvalue weighted by Crippen LogP contribution is 2.11. The Morgan fingerprint density at radius 2 is 2.21 bits per heavy atom. The first-order valence-electron chi connectivity index (χ1n) is 5.85. The second-order valence-electron chi connectivity index (χ2n) is 4.42. The van der Waals surface area contributed by atoms with Crippen LogP contribution in [0.15, 0.2) is 18.5 Å². The summed E-state index contributed by atoms with van der Waals surface area (Å²) in [6.45, 7) is 2.44. The third-order valence-corrected chi connectivity index (χ3v) is 2.76. The van der Waals surface area contributed by atoms with Gasteiger partial charge in [0.1, 0.15) is 17.4 Å². The highest BCUT2D eigenvalue weighted by atomic mass is 15.3. The van der Waals surface area contributed by atoms with Crippen molar-refractivity contribution in [1.82, 2.24) is 19.5 Å². The number of hydrogen-bond acceptors (Lipinski definition) is 5. The van der Waals surface area contributed by atoms with Crippen molar-refractivity contribution >= 4 is 11.8 Å². The minimum atomic E-state index is -0.0582. The van der Waals surface area contributed by atoms with Gasteiger partial charge in [-0.2, -0.15) is 0 Å². The summed E-state index contributed by atoms with van der Waals surface area (Å²) in [5, 5.41) is 7.45. The average molecular weight is 259 g/mol. The summed E-state index contributed by atoms with van der Waals surface area (Å²) in [5.74, 6) is 1.39. The van der Waals surface area contributed by atoms with E-state index in [2.05, 4.69) is 15.0 Å². The highest BCUT2D eigenvalue weighted by molar-refractivity contribution is 5.93. The fraction of sp³-hybridized carbons (Fsp3) is 0.333.